The van der Waals surface area contributed by atoms with Gasteiger partial charge in [-0.05, 0) is 146 Å². The van der Waals surface area contributed by atoms with Crippen LogP contribution in [0.3, 0.4) is 0 Å². The molecule has 0 spiro atoms. The molecule has 11 aromatic carbocycles. The Balaban J connectivity index is 0.919. The van der Waals surface area contributed by atoms with Crippen molar-refractivity contribution in [3.05, 3.63) is 251 Å². The Kier molecular flexibility index (Phi) is 8.94. The Hall–Kier alpha value is -9.38. The second-order valence-electron chi connectivity index (χ2n) is 24.4. The topological polar surface area (TPSA) is 34.5 Å². The monoisotopic (exact) mass is 1030 g/mol. The van der Waals surface area contributed by atoms with E-state index in [0.717, 1.165) is 61.5 Å². The summed E-state index contributed by atoms with van der Waals surface area (Å²) in [5.74, 6) is 0. The number of furan rings is 2. The minimum Gasteiger partial charge on any atom is -0.455 e. The highest BCUT2D eigenvalue weighted by Crippen LogP contribution is 2.64. The number of rotatable bonds is 5. The molecule has 3 aromatic heterocycles. The Morgan fingerprint density at radius 3 is 1.65 bits per heavy atom. The molecule has 0 bridgehead atoms. The molecule has 17 rings (SSSR count). The molecule has 382 valence electrons. The van der Waals surface area contributed by atoms with Gasteiger partial charge in [0.2, 0.25) is 0 Å². The number of hydrogen-bond acceptors (Lipinski definition) is 3. The van der Waals surface area contributed by atoms with E-state index in [1.54, 1.807) is 0 Å². The number of para-hydroxylation sites is 4. The van der Waals surface area contributed by atoms with Crippen molar-refractivity contribution in [1.82, 2.24) is 4.57 Å². The first-order valence-corrected chi connectivity index (χ1v) is 28.2. The van der Waals surface area contributed by atoms with Crippen LogP contribution in [0.15, 0.2) is 221 Å². The maximum atomic E-state index is 7.14. The number of nitrogens with zero attached hydrogens (tertiary/aromatic N) is 2. The van der Waals surface area contributed by atoms with Gasteiger partial charge in [0.15, 0.2) is 0 Å². The van der Waals surface area contributed by atoms with Gasteiger partial charge in [0, 0.05) is 82.4 Å². The van der Waals surface area contributed by atoms with Crippen molar-refractivity contribution < 1.29 is 8.83 Å². The number of fused-ring (bicyclic) bond motifs is 22. The van der Waals surface area contributed by atoms with E-state index >= 15 is 0 Å². The Morgan fingerprint density at radius 2 is 0.912 bits per heavy atom. The van der Waals surface area contributed by atoms with Crippen LogP contribution in [-0.2, 0) is 16.2 Å². The lowest BCUT2D eigenvalue weighted by Gasteiger charge is -2.32. The van der Waals surface area contributed by atoms with E-state index in [1.807, 2.05) is 0 Å². The zero-order valence-corrected chi connectivity index (χ0v) is 45.9. The van der Waals surface area contributed by atoms with Crippen molar-refractivity contribution >= 4 is 82.7 Å². The maximum Gasteiger partial charge on any atom is 0.144 e. The van der Waals surface area contributed by atoms with Gasteiger partial charge >= 0.3 is 0 Å². The smallest absolute Gasteiger partial charge is 0.144 e. The third kappa shape index (κ3) is 5.85. The number of aryl methyl sites for hydroxylation is 1. The Bertz CT molecular complexity index is 5050. The summed E-state index contributed by atoms with van der Waals surface area (Å²) in [6, 6.07) is 78.8. The summed E-state index contributed by atoms with van der Waals surface area (Å²) in [5, 5.41) is 7.17. The van der Waals surface area contributed by atoms with Crippen LogP contribution in [-0.4, -0.2) is 4.57 Å². The number of anilines is 3. The van der Waals surface area contributed by atoms with Crippen LogP contribution in [0.4, 0.5) is 17.1 Å². The first-order valence-electron chi connectivity index (χ1n) is 28.2. The molecule has 3 aliphatic rings. The van der Waals surface area contributed by atoms with Crippen molar-refractivity contribution in [2.45, 2.75) is 64.7 Å². The van der Waals surface area contributed by atoms with Crippen LogP contribution >= 0.6 is 0 Å². The van der Waals surface area contributed by atoms with E-state index in [1.165, 1.54) is 110 Å². The van der Waals surface area contributed by atoms with E-state index in [0.29, 0.717) is 0 Å². The van der Waals surface area contributed by atoms with Crippen LogP contribution < -0.4 is 4.90 Å². The predicted octanol–water partition coefficient (Wildman–Crippen LogP) is 20.9. The average Bonchev–Trinajstić information content (AvgIpc) is 4.45. The molecule has 0 N–H and O–H groups in total. The van der Waals surface area contributed by atoms with Gasteiger partial charge in [-0.1, -0.05) is 187 Å². The van der Waals surface area contributed by atoms with Gasteiger partial charge in [0.25, 0.3) is 0 Å². The normalized spacial score (nSPS) is 15.0. The zero-order valence-electron chi connectivity index (χ0n) is 45.9. The third-order valence-electron chi connectivity index (χ3n) is 18.9. The van der Waals surface area contributed by atoms with Crippen LogP contribution in [0.2, 0.25) is 0 Å². The Labute approximate surface area is 464 Å². The lowest BCUT2D eigenvalue weighted by Crippen LogP contribution is -2.24. The minimum absolute atomic E-state index is 0.243. The fourth-order valence-corrected chi connectivity index (χ4v) is 15.3. The molecule has 0 unspecified atom stereocenters. The first-order chi connectivity index (χ1) is 38.9. The molecule has 3 heterocycles. The summed E-state index contributed by atoms with van der Waals surface area (Å²) in [7, 11) is 0. The van der Waals surface area contributed by atoms with E-state index in [9.17, 15) is 0 Å². The van der Waals surface area contributed by atoms with Crippen molar-refractivity contribution in [1.29, 1.82) is 0 Å². The van der Waals surface area contributed by atoms with Gasteiger partial charge < -0.3 is 18.3 Å². The minimum atomic E-state index is -0.387. The lowest BCUT2D eigenvalue weighted by molar-refractivity contribution is 0.600. The predicted molar refractivity (Wildman–Crippen MR) is 333 cm³/mol. The van der Waals surface area contributed by atoms with Gasteiger partial charge in [-0.15, -0.1) is 0 Å². The van der Waals surface area contributed by atoms with Crippen molar-refractivity contribution in [2.75, 3.05) is 4.90 Å². The fraction of sp³-hybridized carbons (Fsp3) is 0.132. The van der Waals surface area contributed by atoms with Gasteiger partial charge in [-0.2, -0.15) is 0 Å². The molecule has 80 heavy (non-hydrogen) atoms. The molecule has 0 radical (unpaired) electrons. The lowest BCUT2D eigenvalue weighted by atomic mass is 9.72. The standard InChI is InChI=1S/C76H56N2O2/c1-43-20-19-21-44(38-43)56-42-60-65(67-54-26-13-17-30-63(54)79-72(56)67)52-36-33-46(39-58(52)74(60,2)3)77(48-32-35-50-49-24-12-16-29-61(49)78(62(50)41-48)45-22-9-8-10-23-45)47-34-37-53-59(40-47)76(6,7)71-69(53)73-68(55-27-14-18-31-64(55)80-73)66-51-25-11-15-28-57(51)75(4,5)70(66)71/h8-42H,1-7H3. The number of hydrogen-bond donors (Lipinski definition) is 0. The van der Waals surface area contributed by atoms with Crippen LogP contribution in [0.1, 0.15) is 80.5 Å². The molecule has 14 aromatic rings. The van der Waals surface area contributed by atoms with E-state index in [4.69, 9.17) is 8.83 Å². The van der Waals surface area contributed by atoms with Crippen LogP contribution in [0, 0.1) is 6.92 Å². The van der Waals surface area contributed by atoms with Crippen molar-refractivity contribution in [2.24, 2.45) is 0 Å². The summed E-state index contributed by atoms with van der Waals surface area (Å²) in [5.41, 5.74) is 28.7. The quantitative estimate of drug-likeness (QED) is 0.172. The largest absolute Gasteiger partial charge is 0.455 e. The van der Waals surface area contributed by atoms with Gasteiger partial charge in [-0.25, -0.2) is 0 Å². The van der Waals surface area contributed by atoms with E-state index < -0.39 is 0 Å². The summed E-state index contributed by atoms with van der Waals surface area (Å²) in [6.45, 7) is 16.8. The molecular weight excluding hydrogens is 973 g/mol. The molecule has 0 aliphatic heterocycles. The third-order valence-corrected chi connectivity index (χ3v) is 18.9. The van der Waals surface area contributed by atoms with Crippen LogP contribution in [0.5, 0.6) is 0 Å². The second kappa shape index (κ2) is 15.7. The SMILES string of the molecule is Cc1cccc(-c2cc3c(c4c2oc2ccccc24)-c2ccc(N(c4ccc5c(c4)C(C)(C)c4c6c(c7c(oc8ccccc87)c4-5)-c4ccccc4C6(C)C)c4ccc5c6ccccc6n(-c6ccccc6)c5c4)cc2C3(C)C)c1. The molecule has 4 heteroatoms. The average molecular weight is 1030 g/mol. The fourth-order valence-electron chi connectivity index (χ4n) is 15.3. The van der Waals surface area contributed by atoms with Gasteiger partial charge in [0.1, 0.15) is 22.3 Å². The highest BCUT2D eigenvalue weighted by atomic mass is 16.3. The van der Waals surface area contributed by atoms with E-state index in [-0.39, 0.29) is 16.2 Å². The highest BCUT2D eigenvalue weighted by Gasteiger charge is 2.49. The number of aromatic nitrogens is 1. The molecular formula is C76H56N2O2. The summed E-state index contributed by atoms with van der Waals surface area (Å²) < 4.78 is 16.5. The first kappa shape index (κ1) is 45.6. The summed E-state index contributed by atoms with van der Waals surface area (Å²) >= 11 is 0. The highest BCUT2D eigenvalue weighted by molar-refractivity contribution is 6.22. The molecule has 4 nitrogen and oxygen atoms in total. The van der Waals surface area contributed by atoms with Gasteiger partial charge in [-0.3, -0.25) is 0 Å². The summed E-state index contributed by atoms with van der Waals surface area (Å²) in [4.78, 5) is 2.52. The van der Waals surface area contributed by atoms with E-state index in [2.05, 4.69) is 270 Å². The Morgan fingerprint density at radius 1 is 0.362 bits per heavy atom. The van der Waals surface area contributed by atoms with Gasteiger partial charge in [0.05, 0.1) is 11.0 Å². The second-order valence-corrected chi connectivity index (χ2v) is 24.4. The molecule has 3 aliphatic carbocycles. The maximum absolute atomic E-state index is 7.14. The molecule has 0 amide bonds. The van der Waals surface area contributed by atoms with Crippen LogP contribution in [0.25, 0.3) is 116 Å². The molecule has 0 atom stereocenters. The van der Waals surface area contributed by atoms with Crippen molar-refractivity contribution in [3.63, 3.8) is 0 Å². The molecule has 0 saturated heterocycles. The zero-order chi connectivity index (χ0) is 53.7. The number of benzene rings is 11. The summed E-state index contributed by atoms with van der Waals surface area (Å²) in [6.07, 6.45) is 0. The molecule has 0 fully saturated rings. The van der Waals surface area contributed by atoms with Crippen molar-refractivity contribution in [3.8, 4) is 50.2 Å². The molecule has 0 saturated carbocycles.